The van der Waals surface area contributed by atoms with Gasteiger partial charge in [0.1, 0.15) is 0 Å². The topological polar surface area (TPSA) is 58.4 Å². The van der Waals surface area contributed by atoms with Crippen molar-refractivity contribution in [3.63, 3.8) is 0 Å². The zero-order chi connectivity index (χ0) is 12.8. The molecule has 0 atom stereocenters. The van der Waals surface area contributed by atoms with Crippen molar-refractivity contribution in [2.45, 2.75) is 25.8 Å². The second kappa shape index (κ2) is 6.82. The molecule has 0 radical (unpaired) electrons. The van der Waals surface area contributed by atoms with Gasteiger partial charge in [-0.3, -0.25) is 10.1 Å². The Balaban J connectivity index is 1.58. The van der Waals surface area contributed by atoms with Crippen LogP contribution in [0.1, 0.15) is 24.1 Å². The molecule has 0 spiro atoms. The first-order valence-electron chi connectivity index (χ1n) is 6.42. The van der Waals surface area contributed by atoms with E-state index in [0.29, 0.717) is 0 Å². The lowest BCUT2D eigenvalue weighted by Gasteiger charge is -2.13. The molecule has 100 valence electrons. The van der Waals surface area contributed by atoms with E-state index in [-0.39, 0.29) is 9.92 Å². The number of nitrogens with zero attached hydrogens (tertiary/aromatic N) is 2. The maximum atomic E-state index is 10.5. The van der Waals surface area contributed by atoms with Gasteiger partial charge in [0.05, 0.1) is 4.92 Å². The summed E-state index contributed by atoms with van der Waals surface area (Å²) in [7, 11) is 0. The maximum absolute atomic E-state index is 10.5. The van der Waals surface area contributed by atoms with Crippen LogP contribution in [0.3, 0.4) is 0 Å². The fourth-order valence-electron chi connectivity index (χ4n) is 2.21. The number of nitro groups is 1. The standard InChI is InChI=1S/C12H19N3O2S/c16-15(17)12-5-4-11(18-12)10-13-6-3-9-14-7-1-2-8-14/h4-5,13H,1-3,6-10H2. The summed E-state index contributed by atoms with van der Waals surface area (Å²) in [6.07, 6.45) is 3.83. The Morgan fingerprint density at radius 1 is 1.39 bits per heavy atom. The summed E-state index contributed by atoms with van der Waals surface area (Å²) in [6, 6.07) is 3.40. The van der Waals surface area contributed by atoms with E-state index in [4.69, 9.17) is 0 Å². The van der Waals surface area contributed by atoms with E-state index in [2.05, 4.69) is 10.2 Å². The molecule has 1 aromatic rings. The van der Waals surface area contributed by atoms with Crippen LogP contribution < -0.4 is 5.32 Å². The molecule has 1 aliphatic heterocycles. The van der Waals surface area contributed by atoms with Gasteiger partial charge in [0.15, 0.2) is 0 Å². The fourth-order valence-corrected chi connectivity index (χ4v) is 2.99. The van der Waals surface area contributed by atoms with Gasteiger partial charge < -0.3 is 10.2 Å². The number of hydrogen-bond acceptors (Lipinski definition) is 5. The van der Waals surface area contributed by atoms with Crippen LogP contribution in [0.2, 0.25) is 0 Å². The molecule has 1 aliphatic rings. The molecule has 0 amide bonds. The Hall–Kier alpha value is -0.980. The van der Waals surface area contributed by atoms with E-state index in [9.17, 15) is 10.1 Å². The number of rotatable bonds is 7. The van der Waals surface area contributed by atoms with Crippen molar-refractivity contribution in [1.82, 2.24) is 10.2 Å². The Morgan fingerprint density at radius 3 is 2.83 bits per heavy atom. The van der Waals surface area contributed by atoms with Gasteiger partial charge in [-0.1, -0.05) is 11.3 Å². The number of hydrogen-bond donors (Lipinski definition) is 1. The lowest BCUT2D eigenvalue weighted by molar-refractivity contribution is -0.380. The van der Waals surface area contributed by atoms with Crippen molar-refractivity contribution < 1.29 is 4.92 Å². The zero-order valence-electron chi connectivity index (χ0n) is 10.4. The summed E-state index contributed by atoms with van der Waals surface area (Å²) in [5, 5.41) is 14.1. The Labute approximate surface area is 111 Å². The monoisotopic (exact) mass is 269 g/mol. The highest BCUT2D eigenvalue weighted by molar-refractivity contribution is 7.15. The van der Waals surface area contributed by atoms with E-state index >= 15 is 0 Å². The largest absolute Gasteiger partial charge is 0.324 e. The molecule has 0 bridgehead atoms. The molecule has 1 N–H and O–H groups in total. The van der Waals surface area contributed by atoms with Crippen LogP contribution in [0.25, 0.3) is 0 Å². The third-order valence-electron chi connectivity index (χ3n) is 3.15. The Bertz CT molecular complexity index is 388. The van der Waals surface area contributed by atoms with E-state index in [0.717, 1.165) is 30.9 Å². The summed E-state index contributed by atoms with van der Waals surface area (Å²) in [4.78, 5) is 13.7. The predicted molar refractivity (Wildman–Crippen MR) is 73.0 cm³/mol. The lowest BCUT2D eigenvalue weighted by Crippen LogP contribution is -2.24. The Morgan fingerprint density at radius 2 is 2.17 bits per heavy atom. The van der Waals surface area contributed by atoms with Crippen LogP contribution in [0.5, 0.6) is 0 Å². The molecule has 5 nitrogen and oxygen atoms in total. The molecule has 0 aromatic carbocycles. The molecule has 18 heavy (non-hydrogen) atoms. The molecule has 1 saturated heterocycles. The number of nitrogens with one attached hydrogen (secondary N) is 1. The van der Waals surface area contributed by atoms with Crippen LogP contribution in [0.15, 0.2) is 12.1 Å². The highest BCUT2D eigenvalue weighted by Gasteiger charge is 2.11. The normalized spacial score (nSPS) is 16.2. The van der Waals surface area contributed by atoms with Gasteiger partial charge in [-0.25, -0.2) is 0 Å². The average molecular weight is 269 g/mol. The van der Waals surface area contributed by atoms with Crippen LogP contribution in [-0.4, -0.2) is 36.0 Å². The predicted octanol–water partition coefficient (Wildman–Crippen LogP) is 2.23. The first kappa shape index (κ1) is 13.5. The molecule has 0 saturated carbocycles. The quantitative estimate of drug-likeness (QED) is 0.468. The van der Waals surface area contributed by atoms with Crippen LogP contribution >= 0.6 is 11.3 Å². The van der Waals surface area contributed by atoms with E-state index in [1.807, 2.05) is 6.07 Å². The van der Waals surface area contributed by atoms with E-state index < -0.39 is 0 Å². The molecule has 1 fully saturated rings. The first-order valence-corrected chi connectivity index (χ1v) is 7.23. The van der Waals surface area contributed by atoms with Gasteiger partial charge >= 0.3 is 5.00 Å². The molecule has 2 heterocycles. The van der Waals surface area contributed by atoms with Gasteiger partial charge in [-0.15, -0.1) is 0 Å². The highest BCUT2D eigenvalue weighted by atomic mass is 32.1. The van der Waals surface area contributed by atoms with Gasteiger partial charge in [0, 0.05) is 17.5 Å². The highest BCUT2D eigenvalue weighted by Crippen LogP contribution is 2.23. The molecular formula is C12H19N3O2S. The summed E-state index contributed by atoms with van der Waals surface area (Å²) >= 11 is 1.25. The first-order chi connectivity index (χ1) is 8.75. The molecule has 6 heteroatoms. The second-order valence-electron chi connectivity index (χ2n) is 4.58. The van der Waals surface area contributed by atoms with Gasteiger partial charge in [-0.2, -0.15) is 0 Å². The average Bonchev–Trinajstić information content (AvgIpc) is 2.98. The number of thiophene rings is 1. The van der Waals surface area contributed by atoms with E-state index in [1.165, 1.54) is 37.3 Å². The molecule has 2 rings (SSSR count). The fraction of sp³-hybridized carbons (Fsp3) is 0.667. The zero-order valence-corrected chi connectivity index (χ0v) is 11.2. The van der Waals surface area contributed by atoms with Crippen LogP contribution in [-0.2, 0) is 6.54 Å². The van der Waals surface area contributed by atoms with Crippen LogP contribution in [0, 0.1) is 10.1 Å². The van der Waals surface area contributed by atoms with Crippen LogP contribution in [0.4, 0.5) is 5.00 Å². The molecule has 1 aromatic heterocycles. The summed E-state index contributed by atoms with van der Waals surface area (Å²) in [6.45, 7) is 5.37. The Kier molecular flexibility index (Phi) is 5.10. The van der Waals surface area contributed by atoms with Crippen molar-refractivity contribution in [2.24, 2.45) is 0 Å². The van der Waals surface area contributed by atoms with Crippen molar-refractivity contribution in [2.75, 3.05) is 26.2 Å². The minimum Gasteiger partial charge on any atom is -0.312 e. The third kappa shape index (κ3) is 4.04. The molecule has 0 unspecified atom stereocenters. The van der Waals surface area contributed by atoms with Crippen molar-refractivity contribution in [3.05, 3.63) is 27.1 Å². The third-order valence-corrected chi connectivity index (χ3v) is 4.19. The summed E-state index contributed by atoms with van der Waals surface area (Å²) < 4.78 is 0. The minimum absolute atomic E-state index is 0.226. The van der Waals surface area contributed by atoms with Gasteiger partial charge in [0.2, 0.25) is 0 Å². The maximum Gasteiger partial charge on any atom is 0.324 e. The summed E-state index contributed by atoms with van der Waals surface area (Å²) in [5.74, 6) is 0. The second-order valence-corrected chi connectivity index (χ2v) is 5.72. The smallest absolute Gasteiger partial charge is 0.312 e. The lowest BCUT2D eigenvalue weighted by atomic mass is 10.3. The minimum atomic E-state index is -0.332. The molecule has 0 aliphatic carbocycles. The molecular weight excluding hydrogens is 250 g/mol. The van der Waals surface area contributed by atoms with Crippen molar-refractivity contribution >= 4 is 16.3 Å². The SMILES string of the molecule is O=[N+]([O-])c1ccc(CNCCCN2CCCC2)s1. The van der Waals surface area contributed by atoms with E-state index in [1.54, 1.807) is 6.07 Å². The van der Waals surface area contributed by atoms with Crippen molar-refractivity contribution in [3.8, 4) is 0 Å². The van der Waals surface area contributed by atoms with Gasteiger partial charge in [-0.05, 0) is 51.5 Å². The van der Waals surface area contributed by atoms with Gasteiger partial charge in [0.25, 0.3) is 0 Å². The van der Waals surface area contributed by atoms with Crippen molar-refractivity contribution in [1.29, 1.82) is 0 Å². The summed E-state index contributed by atoms with van der Waals surface area (Å²) in [5.41, 5.74) is 0. The number of likely N-dealkylation sites (tertiary alicyclic amines) is 1.